The lowest BCUT2D eigenvalue weighted by atomic mass is 9.69. The lowest BCUT2D eigenvalue weighted by Crippen LogP contribution is -2.53. The number of aromatic nitrogens is 2. The van der Waals surface area contributed by atoms with Crippen LogP contribution >= 0.6 is 15.9 Å². The monoisotopic (exact) mass is 286 g/mol. The van der Waals surface area contributed by atoms with E-state index in [2.05, 4.69) is 34.9 Å². The third-order valence-corrected chi connectivity index (χ3v) is 5.31. The van der Waals surface area contributed by atoms with Crippen molar-refractivity contribution in [2.24, 2.45) is 12.5 Å². The van der Waals surface area contributed by atoms with Gasteiger partial charge in [-0.15, -0.1) is 0 Å². The first-order valence-corrected chi connectivity index (χ1v) is 6.56. The van der Waals surface area contributed by atoms with E-state index >= 15 is 0 Å². The molecule has 1 aliphatic rings. The summed E-state index contributed by atoms with van der Waals surface area (Å²) in [4.78, 5) is 0.558. The van der Waals surface area contributed by atoms with Crippen molar-refractivity contribution in [3.8, 4) is 5.75 Å². The molecule has 90 valence electrons. The molecule has 4 heteroatoms. The molecule has 1 heterocycles. The lowest BCUT2D eigenvalue weighted by molar-refractivity contribution is -0.00871. The summed E-state index contributed by atoms with van der Waals surface area (Å²) in [6.07, 6.45) is 1.36. The van der Waals surface area contributed by atoms with E-state index in [9.17, 15) is 0 Å². The molecule has 3 nitrogen and oxygen atoms in total. The van der Waals surface area contributed by atoms with E-state index in [0.717, 1.165) is 23.6 Å². The van der Waals surface area contributed by atoms with Gasteiger partial charge in [0.25, 0.3) is 0 Å². The number of rotatable bonds is 2. The van der Waals surface area contributed by atoms with E-state index in [1.807, 2.05) is 25.6 Å². The van der Waals surface area contributed by atoms with Crippen molar-refractivity contribution in [1.82, 2.24) is 9.78 Å². The van der Waals surface area contributed by atoms with E-state index in [-0.39, 0.29) is 5.41 Å². The first-order valence-electron chi connectivity index (χ1n) is 5.65. The second kappa shape index (κ2) is 3.76. The number of alkyl halides is 1. The molecule has 0 aliphatic heterocycles. The molecule has 2 atom stereocenters. The molecule has 2 unspecified atom stereocenters. The van der Waals surface area contributed by atoms with Crippen molar-refractivity contribution in [3.05, 3.63) is 11.4 Å². The Labute approximate surface area is 105 Å². The van der Waals surface area contributed by atoms with Crippen LogP contribution < -0.4 is 4.74 Å². The molecule has 1 aliphatic carbocycles. The molecule has 1 saturated carbocycles. The van der Waals surface area contributed by atoms with E-state index in [1.54, 1.807) is 0 Å². The van der Waals surface area contributed by atoms with Crippen molar-refractivity contribution in [1.29, 1.82) is 0 Å². The molecule has 0 radical (unpaired) electrons. The van der Waals surface area contributed by atoms with E-state index in [1.165, 1.54) is 0 Å². The average molecular weight is 287 g/mol. The molecule has 0 spiro atoms. The lowest BCUT2D eigenvalue weighted by Gasteiger charge is -2.48. The van der Waals surface area contributed by atoms with E-state index in [0.29, 0.717) is 10.9 Å². The molecule has 2 rings (SSSR count). The van der Waals surface area contributed by atoms with Crippen LogP contribution in [0.3, 0.4) is 0 Å². The third kappa shape index (κ3) is 1.67. The van der Waals surface area contributed by atoms with Crippen LogP contribution in [0.4, 0.5) is 0 Å². The topological polar surface area (TPSA) is 27.1 Å². The fourth-order valence-corrected chi connectivity index (χ4v) is 2.74. The normalized spacial score (nSPS) is 27.6. The zero-order valence-corrected chi connectivity index (χ0v) is 12.1. The fourth-order valence-electron chi connectivity index (χ4n) is 2.10. The van der Waals surface area contributed by atoms with Gasteiger partial charge in [-0.2, -0.15) is 5.10 Å². The standard InChI is InChI=1S/C12H19BrN2O/c1-7-11(8(2)15(5)14-7)16-10-6-9(13)12(10,3)4/h9-10H,6H2,1-5H3. The molecule has 0 N–H and O–H groups in total. The van der Waals surface area contributed by atoms with E-state index in [4.69, 9.17) is 4.74 Å². The summed E-state index contributed by atoms with van der Waals surface area (Å²) >= 11 is 3.68. The van der Waals surface area contributed by atoms with Crippen LogP contribution in [0.15, 0.2) is 0 Å². The first kappa shape index (κ1) is 12.0. The van der Waals surface area contributed by atoms with Crippen LogP contribution in [0.25, 0.3) is 0 Å². The Bertz CT molecular complexity index is 411. The quantitative estimate of drug-likeness (QED) is 0.782. The SMILES string of the molecule is Cc1nn(C)c(C)c1OC1CC(Br)C1(C)C. The number of aryl methyl sites for hydroxylation is 2. The van der Waals surface area contributed by atoms with Gasteiger partial charge >= 0.3 is 0 Å². The molecular formula is C12H19BrN2O. The van der Waals surface area contributed by atoms with Crippen LogP contribution in [0.5, 0.6) is 5.75 Å². The molecule has 0 aromatic carbocycles. The maximum atomic E-state index is 6.11. The highest BCUT2D eigenvalue weighted by atomic mass is 79.9. The van der Waals surface area contributed by atoms with Gasteiger partial charge in [0.1, 0.15) is 11.8 Å². The Morgan fingerprint density at radius 2 is 2.06 bits per heavy atom. The predicted octanol–water partition coefficient (Wildman–Crippen LogP) is 2.98. The van der Waals surface area contributed by atoms with Gasteiger partial charge in [-0.1, -0.05) is 29.8 Å². The minimum atomic E-state index is 0.203. The van der Waals surface area contributed by atoms with Crippen molar-refractivity contribution in [2.75, 3.05) is 0 Å². The zero-order chi connectivity index (χ0) is 12.1. The summed E-state index contributed by atoms with van der Waals surface area (Å²) in [5, 5.41) is 4.37. The largest absolute Gasteiger partial charge is 0.486 e. The van der Waals surface area contributed by atoms with Gasteiger partial charge in [0.05, 0.1) is 5.69 Å². The summed E-state index contributed by atoms with van der Waals surface area (Å²) in [5.41, 5.74) is 2.29. The highest BCUT2D eigenvalue weighted by molar-refractivity contribution is 9.09. The second-order valence-corrected chi connectivity index (χ2v) is 6.36. The maximum Gasteiger partial charge on any atom is 0.163 e. The summed E-state index contributed by atoms with van der Waals surface area (Å²) < 4.78 is 7.98. The highest BCUT2D eigenvalue weighted by Gasteiger charge is 2.49. The van der Waals surface area contributed by atoms with Crippen LogP contribution in [0.1, 0.15) is 31.7 Å². The average Bonchev–Trinajstić information content (AvgIpc) is 2.44. The van der Waals surface area contributed by atoms with Crippen molar-refractivity contribution in [3.63, 3.8) is 0 Å². The molecule has 0 bridgehead atoms. The van der Waals surface area contributed by atoms with Gasteiger partial charge < -0.3 is 4.74 Å². The van der Waals surface area contributed by atoms with Gasteiger partial charge in [-0.05, 0) is 20.3 Å². The zero-order valence-electron chi connectivity index (χ0n) is 10.5. The van der Waals surface area contributed by atoms with E-state index < -0.39 is 0 Å². The molecule has 16 heavy (non-hydrogen) atoms. The molecule has 0 saturated heterocycles. The minimum absolute atomic E-state index is 0.203. The van der Waals surface area contributed by atoms with Gasteiger partial charge in [-0.25, -0.2) is 0 Å². The number of halogens is 1. The molecule has 1 aromatic rings. The number of hydrogen-bond donors (Lipinski definition) is 0. The van der Waals surface area contributed by atoms with Gasteiger partial charge in [0.2, 0.25) is 0 Å². The van der Waals surface area contributed by atoms with Gasteiger partial charge in [-0.3, -0.25) is 4.68 Å². The van der Waals surface area contributed by atoms with Crippen LogP contribution in [0, 0.1) is 19.3 Å². The van der Waals surface area contributed by atoms with Crippen LogP contribution in [-0.2, 0) is 7.05 Å². The summed E-state index contributed by atoms with van der Waals surface area (Å²) in [5.74, 6) is 0.958. The summed E-state index contributed by atoms with van der Waals surface area (Å²) in [6.45, 7) is 8.52. The van der Waals surface area contributed by atoms with Crippen LogP contribution in [0.2, 0.25) is 0 Å². The minimum Gasteiger partial charge on any atom is -0.486 e. The fraction of sp³-hybridized carbons (Fsp3) is 0.750. The smallest absolute Gasteiger partial charge is 0.163 e. The Kier molecular flexibility index (Phi) is 2.81. The number of hydrogen-bond acceptors (Lipinski definition) is 2. The van der Waals surface area contributed by atoms with Gasteiger partial charge in [0.15, 0.2) is 5.75 Å². The van der Waals surface area contributed by atoms with Crippen LogP contribution in [-0.4, -0.2) is 20.7 Å². The summed E-state index contributed by atoms with van der Waals surface area (Å²) in [6, 6.07) is 0. The van der Waals surface area contributed by atoms with Gasteiger partial charge in [0, 0.05) is 17.3 Å². The Morgan fingerprint density at radius 1 is 1.44 bits per heavy atom. The molecule has 0 amide bonds. The molecule has 1 aromatic heterocycles. The number of nitrogens with zero attached hydrogens (tertiary/aromatic N) is 2. The van der Waals surface area contributed by atoms with Crippen molar-refractivity contribution >= 4 is 15.9 Å². The summed E-state index contributed by atoms with van der Waals surface area (Å²) in [7, 11) is 1.95. The Balaban J connectivity index is 2.17. The second-order valence-electron chi connectivity index (χ2n) is 5.25. The van der Waals surface area contributed by atoms with Crippen molar-refractivity contribution < 1.29 is 4.74 Å². The predicted molar refractivity (Wildman–Crippen MR) is 68.2 cm³/mol. The molecule has 1 fully saturated rings. The third-order valence-electron chi connectivity index (χ3n) is 3.76. The Hall–Kier alpha value is -0.510. The molecular weight excluding hydrogens is 268 g/mol. The highest BCUT2D eigenvalue weighted by Crippen LogP contribution is 2.47. The first-order chi connectivity index (χ1) is 7.34. The maximum absolute atomic E-state index is 6.11. The number of ether oxygens (including phenoxy) is 1. The van der Waals surface area contributed by atoms with Crippen molar-refractivity contribution in [2.45, 2.75) is 45.0 Å². The Morgan fingerprint density at radius 3 is 2.44 bits per heavy atom.